The van der Waals surface area contributed by atoms with Crippen LogP contribution < -0.4 is 0 Å². The molecule has 0 aromatic carbocycles. The van der Waals surface area contributed by atoms with E-state index >= 15 is 0 Å². The van der Waals surface area contributed by atoms with Gasteiger partial charge in [0.2, 0.25) is 6.08 Å². The Hall–Kier alpha value is -0.660. The van der Waals surface area contributed by atoms with Gasteiger partial charge in [0.15, 0.2) is 6.23 Å². The van der Waals surface area contributed by atoms with Crippen LogP contribution in [-0.2, 0) is 9.53 Å². The Morgan fingerprint density at radius 1 is 1.55 bits per heavy atom. The third-order valence-electron chi connectivity index (χ3n) is 1.36. The lowest BCUT2D eigenvalue weighted by Crippen LogP contribution is -2.09. The predicted octanol–water partition coefficient (Wildman–Crippen LogP) is 1.88. The molecular weight excluding hydrogens is 142 g/mol. The lowest BCUT2D eigenvalue weighted by atomic mass is 10.2. The summed E-state index contributed by atoms with van der Waals surface area (Å²) in [5.74, 6) is 0. The van der Waals surface area contributed by atoms with Gasteiger partial charge in [0.1, 0.15) is 0 Å². The summed E-state index contributed by atoms with van der Waals surface area (Å²) in [6.45, 7) is 4.58. The SMILES string of the molecule is CCCCC(N=C=O)OCC. The highest BCUT2D eigenvalue weighted by Crippen LogP contribution is 2.04. The molecule has 3 nitrogen and oxygen atoms in total. The zero-order chi connectivity index (χ0) is 8.53. The maximum atomic E-state index is 9.88. The lowest BCUT2D eigenvalue weighted by molar-refractivity contribution is 0.0619. The Bertz CT molecular complexity index is 130. The average Bonchev–Trinajstić information content (AvgIpc) is 2.01. The molecule has 64 valence electrons. The summed E-state index contributed by atoms with van der Waals surface area (Å²) in [4.78, 5) is 13.4. The normalized spacial score (nSPS) is 12.2. The minimum absolute atomic E-state index is 0.266. The number of ether oxygens (including phenoxy) is 1. The summed E-state index contributed by atoms with van der Waals surface area (Å²) >= 11 is 0. The van der Waals surface area contributed by atoms with E-state index in [0.29, 0.717) is 6.61 Å². The molecule has 0 bridgehead atoms. The van der Waals surface area contributed by atoms with Gasteiger partial charge >= 0.3 is 0 Å². The number of nitrogens with zero attached hydrogens (tertiary/aromatic N) is 1. The maximum Gasteiger partial charge on any atom is 0.237 e. The summed E-state index contributed by atoms with van der Waals surface area (Å²) in [6.07, 6.45) is 4.20. The monoisotopic (exact) mass is 157 g/mol. The van der Waals surface area contributed by atoms with Gasteiger partial charge in [-0.15, -0.1) is 0 Å². The predicted molar refractivity (Wildman–Crippen MR) is 43.1 cm³/mol. The number of carbonyl (C=O) groups excluding carboxylic acids is 1. The van der Waals surface area contributed by atoms with Crippen molar-refractivity contribution in [1.82, 2.24) is 0 Å². The van der Waals surface area contributed by atoms with E-state index < -0.39 is 0 Å². The molecule has 1 atom stereocenters. The molecule has 0 radical (unpaired) electrons. The van der Waals surface area contributed by atoms with Crippen LogP contribution in [0.3, 0.4) is 0 Å². The van der Waals surface area contributed by atoms with Crippen LogP contribution in [0.5, 0.6) is 0 Å². The van der Waals surface area contributed by atoms with Gasteiger partial charge in [-0.05, 0) is 19.8 Å². The average molecular weight is 157 g/mol. The first kappa shape index (κ1) is 10.3. The van der Waals surface area contributed by atoms with Crippen molar-refractivity contribution in [3.63, 3.8) is 0 Å². The first-order chi connectivity index (χ1) is 5.35. The van der Waals surface area contributed by atoms with Gasteiger partial charge in [-0.2, -0.15) is 4.99 Å². The van der Waals surface area contributed by atoms with E-state index in [9.17, 15) is 4.79 Å². The molecule has 0 aliphatic carbocycles. The molecule has 0 heterocycles. The van der Waals surface area contributed by atoms with Crippen molar-refractivity contribution in [2.45, 2.75) is 39.3 Å². The molecule has 0 spiro atoms. The number of aliphatic imine (C=N–C) groups is 1. The second-order valence-corrected chi connectivity index (χ2v) is 2.27. The van der Waals surface area contributed by atoms with E-state index in [0.717, 1.165) is 19.3 Å². The molecule has 0 aromatic rings. The van der Waals surface area contributed by atoms with Crippen LogP contribution in [0.25, 0.3) is 0 Å². The second kappa shape index (κ2) is 7.45. The van der Waals surface area contributed by atoms with Crippen molar-refractivity contribution >= 4 is 6.08 Å². The molecule has 0 saturated carbocycles. The van der Waals surface area contributed by atoms with Gasteiger partial charge in [-0.25, -0.2) is 4.79 Å². The van der Waals surface area contributed by atoms with Crippen LogP contribution in [0.1, 0.15) is 33.1 Å². The fourth-order valence-corrected chi connectivity index (χ4v) is 0.815. The first-order valence-corrected chi connectivity index (χ1v) is 4.03. The van der Waals surface area contributed by atoms with E-state index in [1.54, 1.807) is 0 Å². The van der Waals surface area contributed by atoms with Crippen molar-refractivity contribution in [3.8, 4) is 0 Å². The van der Waals surface area contributed by atoms with Gasteiger partial charge in [-0.3, -0.25) is 0 Å². The topological polar surface area (TPSA) is 38.7 Å². The van der Waals surface area contributed by atoms with Crippen molar-refractivity contribution in [2.75, 3.05) is 6.61 Å². The summed E-state index contributed by atoms with van der Waals surface area (Å²) in [7, 11) is 0. The highest BCUT2D eigenvalue weighted by atomic mass is 16.5. The van der Waals surface area contributed by atoms with Gasteiger partial charge in [-0.1, -0.05) is 13.3 Å². The Kier molecular flexibility index (Phi) is 7.00. The molecular formula is C8H15NO2. The van der Waals surface area contributed by atoms with Crippen LogP contribution in [0, 0.1) is 0 Å². The lowest BCUT2D eigenvalue weighted by Gasteiger charge is -2.08. The number of unbranched alkanes of at least 4 members (excludes halogenated alkanes) is 1. The molecule has 0 saturated heterocycles. The van der Waals surface area contributed by atoms with Crippen LogP contribution in [0.4, 0.5) is 0 Å². The summed E-state index contributed by atoms with van der Waals surface area (Å²) in [6, 6.07) is 0. The molecule has 0 N–H and O–H groups in total. The highest BCUT2D eigenvalue weighted by Gasteiger charge is 2.03. The molecule has 3 heteroatoms. The van der Waals surface area contributed by atoms with E-state index in [-0.39, 0.29) is 6.23 Å². The van der Waals surface area contributed by atoms with E-state index in [1.165, 1.54) is 6.08 Å². The maximum absolute atomic E-state index is 9.88. The van der Waals surface area contributed by atoms with E-state index in [2.05, 4.69) is 11.9 Å². The molecule has 0 amide bonds. The Morgan fingerprint density at radius 2 is 2.27 bits per heavy atom. The van der Waals surface area contributed by atoms with Gasteiger partial charge < -0.3 is 4.74 Å². The van der Waals surface area contributed by atoms with Crippen LogP contribution >= 0.6 is 0 Å². The summed E-state index contributed by atoms with van der Waals surface area (Å²) < 4.78 is 5.16. The molecule has 1 unspecified atom stereocenters. The fourth-order valence-electron chi connectivity index (χ4n) is 0.815. The van der Waals surface area contributed by atoms with Crippen molar-refractivity contribution < 1.29 is 9.53 Å². The number of hydrogen-bond donors (Lipinski definition) is 0. The number of hydrogen-bond acceptors (Lipinski definition) is 3. The zero-order valence-electron chi connectivity index (χ0n) is 7.17. The standard InChI is InChI=1S/C8H15NO2/c1-3-5-6-8(9-7-10)11-4-2/h8H,3-6H2,1-2H3. The third-order valence-corrected chi connectivity index (χ3v) is 1.36. The summed E-state index contributed by atoms with van der Waals surface area (Å²) in [5, 5.41) is 0. The molecule has 11 heavy (non-hydrogen) atoms. The summed E-state index contributed by atoms with van der Waals surface area (Å²) in [5.41, 5.74) is 0. The van der Waals surface area contributed by atoms with Crippen molar-refractivity contribution in [3.05, 3.63) is 0 Å². The molecule has 0 aromatic heterocycles. The second-order valence-electron chi connectivity index (χ2n) is 2.27. The Balaban J connectivity index is 3.59. The molecule has 0 rings (SSSR count). The van der Waals surface area contributed by atoms with Crippen LogP contribution in [-0.4, -0.2) is 18.9 Å². The Morgan fingerprint density at radius 3 is 2.73 bits per heavy atom. The third kappa shape index (κ3) is 5.77. The molecule has 0 aliphatic heterocycles. The smallest absolute Gasteiger partial charge is 0.237 e. The molecule has 0 aliphatic rings. The van der Waals surface area contributed by atoms with E-state index in [1.807, 2.05) is 6.92 Å². The minimum Gasteiger partial charge on any atom is -0.356 e. The Labute approximate surface area is 67.5 Å². The van der Waals surface area contributed by atoms with Crippen molar-refractivity contribution in [1.29, 1.82) is 0 Å². The van der Waals surface area contributed by atoms with E-state index in [4.69, 9.17) is 4.74 Å². The van der Waals surface area contributed by atoms with Crippen LogP contribution in [0.2, 0.25) is 0 Å². The fraction of sp³-hybridized carbons (Fsp3) is 0.875. The number of isocyanates is 1. The quantitative estimate of drug-likeness (QED) is 0.436. The largest absolute Gasteiger partial charge is 0.356 e. The highest BCUT2D eigenvalue weighted by molar-refractivity contribution is 5.33. The van der Waals surface area contributed by atoms with Crippen LogP contribution in [0.15, 0.2) is 4.99 Å². The minimum atomic E-state index is -0.266. The van der Waals surface area contributed by atoms with Crippen molar-refractivity contribution in [2.24, 2.45) is 4.99 Å². The molecule has 0 fully saturated rings. The van der Waals surface area contributed by atoms with Gasteiger partial charge in [0.25, 0.3) is 0 Å². The van der Waals surface area contributed by atoms with Gasteiger partial charge in [0.05, 0.1) is 0 Å². The first-order valence-electron chi connectivity index (χ1n) is 4.03. The zero-order valence-corrected chi connectivity index (χ0v) is 7.17. The van der Waals surface area contributed by atoms with Gasteiger partial charge in [0, 0.05) is 6.61 Å². The number of rotatable bonds is 6.